The third kappa shape index (κ3) is 8.06. The standard InChI is InChI=1S/C28H23Cl2N3O4S2/c1-2-37-24(34)15-20-16-38-28(32-20)33-27(36)25(17-7-4-3-5-8-17)39-21-10-6-9-19(14-21)31-26(35)22-12-11-18(29)13-23(22)30/h3-14,16,25H,2,15H2,1H3,(H,31,35)(H,32,33,36). The van der Waals surface area contributed by atoms with E-state index in [0.717, 1.165) is 10.5 Å². The van der Waals surface area contributed by atoms with E-state index in [1.165, 1.54) is 29.2 Å². The van der Waals surface area contributed by atoms with Gasteiger partial charge in [-0.2, -0.15) is 0 Å². The van der Waals surface area contributed by atoms with Crippen molar-refractivity contribution in [2.24, 2.45) is 0 Å². The lowest BCUT2D eigenvalue weighted by Gasteiger charge is -2.17. The molecule has 1 heterocycles. The summed E-state index contributed by atoms with van der Waals surface area (Å²) in [6, 6.07) is 21.2. The van der Waals surface area contributed by atoms with Crippen LogP contribution in [-0.2, 0) is 20.7 Å². The summed E-state index contributed by atoms with van der Waals surface area (Å²) in [5, 5.41) is 7.89. The quantitative estimate of drug-likeness (QED) is 0.147. The van der Waals surface area contributed by atoms with Crippen LogP contribution in [0.3, 0.4) is 0 Å². The van der Waals surface area contributed by atoms with E-state index in [1.807, 2.05) is 36.4 Å². The predicted molar refractivity (Wildman–Crippen MR) is 157 cm³/mol. The normalized spacial score (nSPS) is 11.5. The average Bonchev–Trinajstić information content (AvgIpc) is 3.34. The van der Waals surface area contributed by atoms with E-state index in [0.29, 0.717) is 33.7 Å². The van der Waals surface area contributed by atoms with Crippen LogP contribution < -0.4 is 10.6 Å². The smallest absolute Gasteiger partial charge is 0.311 e. The molecule has 0 saturated heterocycles. The molecular weight excluding hydrogens is 577 g/mol. The average molecular weight is 601 g/mol. The lowest BCUT2D eigenvalue weighted by Crippen LogP contribution is -2.19. The molecule has 0 aliphatic heterocycles. The van der Waals surface area contributed by atoms with Crippen molar-refractivity contribution in [1.29, 1.82) is 0 Å². The molecule has 0 aliphatic rings. The minimum Gasteiger partial charge on any atom is -0.466 e. The molecule has 0 bridgehead atoms. The predicted octanol–water partition coefficient (Wildman–Crippen LogP) is 7.28. The second-order valence-electron chi connectivity index (χ2n) is 8.13. The van der Waals surface area contributed by atoms with Gasteiger partial charge in [0.2, 0.25) is 5.91 Å². The van der Waals surface area contributed by atoms with Gasteiger partial charge >= 0.3 is 5.97 Å². The van der Waals surface area contributed by atoms with E-state index >= 15 is 0 Å². The largest absolute Gasteiger partial charge is 0.466 e. The van der Waals surface area contributed by atoms with Crippen molar-refractivity contribution >= 4 is 74.9 Å². The van der Waals surface area contributed by atoms with Crippen LogP contribution in [-0.4, -0.2) is 29.4 Å². The maximum Gasteiger partial charge on any atom is 0.311 e. The Bertz CT molecular complexity index is 1480. The maximum atomic E-state index is 13.4. The number of aromatic nitrogens is 1. The summed E-state index contributed by atoms with van der Waals surface area (Å²) in [7, 11) is 0. The van der Waals surface area contributed by atoms with Crippen LogP contribution in [0.25, 0.3) is 0 Å². The van der Waals surface area contributed by atoms with Gasteiger partial charge in [-0.25, -0.2) is 4.98 Å². The Morgan fingerprint density at radius 3 is 2.54 bits per heavy atom. The number of carbonyl (C=O) groups excluding carboxylic acids is 3. The monoisotopic (exact) mass is 599 g/mol. The topological polar surface area (TPSA) is 97.4 Å². The van der Waals surface area contributed by atoms with Gasteiger partial charge in [0.15, 0.2) is 5.13 Å². The molecule has 0 saturated carbocycles. The number of esters is 1. The molecule has 2 amide bonds. The summed E-state index contributed by atoms with van der Waals surface area (Å²) < 4.78 is 4.96. The molecule has 3 aromatic carbocycles. The van der Waals surface area contributed by atoms with E-state index < -0.39 is 5.25 Å². The van der Waals surface area contributed by atoms with Gasteiger partial charge in [0.25, 0.3) is 5.91 Å². The molecular formula is C28H23Cl2N3O4S2. The fourth-order valence-electron chi connectivity index (χ4n) is 3.53. The molecule has 2 N–H and O–H groups in total. The van der Waals surface area contributed by atoms with Gasteiger partial charge in [-0.3, -0.25) is 14.4 Å². The van der Waals surface area contributed by atoms with Crippen LogP contribution in [0.1, 0.15) is 33.8 Å². The third-order valence-electron chi connectivity index (χ3n) is 5.27. The van der Waals surface area contributed by atoms with Crippen molar-refractivity contribution in [2.45, 2.75) is 23.5 Å². The highest BCUT2D eigenvalue weighted by Crippen LogP contribution is 2.37. The summed E-state index contributed by atoms with van der Waals surface area (Å²) in [6.45, 7) is 2.03. The summed E-state index contributed by atoms with van der Waals surface area (Å²) in [5.41, 5.74) is 2.17. The molecule has 1 unspecified atom stereocenters. The molecule has 39 heavy (non-hydrogen) atoms. The lowest BCUT2D eigenvalue weighted by molar-refractivity contribution is -0.142. The SMILES string of the molecule is CCOC(=O)Cc1csc(NC(=O)C(Sc2cccc(NC(=O)c3ccc(Cl)cc3Cl)c2)c2ccccc2)n1. The first-order valence-corrected chi connectivity index (χ1v) is 14.3. The second kappa shape index (κ2) is 13.6. The first kappa shape index (κ1) is 28.6. The molecule has 1 aromatic heterocycles. The van der Waals surface area contributed by atoms with Crippen molar-refractivity contribution in [3.63, 3.8) is 0 Å². The molecule has 200 valence electrons. The van der Waals surface area contributed by atoms with Gasteiger partial charge < -0.3 is 15.4 Å². The zero-order valence-electron chi connectivity index (χ0n) is 20.6. The van der Waals surface area contributed by atoms with Crippen molar-refractivity contribution in [3.8, 4) is 0 Å². The zero-order valence-corrected chi connectivity index (χ0v) is 23.8. The van der Waals surface area contributed by atoms with Gasteiger partial charge in [-0.05, 0) is 48.9 Å². The summed E-state index contributed by atoms with van der Waals surface area (Å²) in [4.78, 5) is 43.1. The number of rotatable bonds is 10. The number of halogens is 2. The molecule has 0 radical (unpaired) electrons. The van der Waals surface area contributed by atoms with E-state index in [4.69, 9.17) is 27.9 Å². The Hall–Kier alpha value is -3.37. The van der Waals surface area contributed by atoms with Crippen LogP contribution in [0.4, 0.5) is 10.8 Å². The highest BCUT2D eigenvalue weighted by atomic mass is 35.5. The zero-order chi connectivity index (χ0) is 27.8. The van der Waals surface area contributed by atoms with Gasteiger partial charge in [0, 0.05) is 21.0 Å². The molecule has 4 rings (SSSR count). The summed E-state index contributed by atoms with van der Waals surface area (Å²) >= 11 is 14.7. The third-order valence-corrected chi connectivity index (χ3v) is 7.88. The number of thiazole rings is 1. The van der Waals surface area contributed by atoms with Gasteiger partial charge in [-0.15, -0.1) is 23.1 Å². The molecule has 4 aromatic rings. The van der Waals surface area contributed by atoms with Gasteiger partial charge in [0.1, 0.15) is 5.25 Å². The molecule has 0 aliphatic carbocycles. The Kier molecular flexibility index (Phi) is 10.00. The molecule has 0 spiro atoms. The van der Waals surface area contributed by atoms with Crippen LogP contribution in [0.2, 0.25) is 10.0 Å². The number of nitrogens with zero attached hydrogens (tertiary/aromatic N) is 1. The highest BCUT2D eigenvalue weighted by Gasteiger charge is 2.24. The number of anilines is 2. The number of benzene rings is 3. The van der Waals surface area contributed by atoms with Crippen LogP contribution in [0, 0.1) is 0 Å². The molecule has 0 fully saturated rings. The van der Waals surface area contributed by atoms with E-state index in [9.17, 15) is 14.4 Å². The molecule has 11 heteroatoms. The minimum absolute atomic E-state index is 0.0385. The highest BCUT2D eigenvalue weighted by molar-refractivity contribution is 8.00. The minimum atomic E-state index is -0.611. The van der Waals surface area contributed by atoms with Crippen molar-refractivity contribution < 1.29 is 19.1 Å². The number of hydrogen-bond acceptors (Lipinski definition) is 7. The second-order valence-corrected chi connectivity index (χ2v) is 11.0. The van der Waals surface area contributed by atoms with Crippen LogP contribution >= 0.6 is 46.3 Å². The Morgan fingerprint density at radius 1 is 1.00 bits per heavy atom. The Morgan fingerprint density at radius 2 is 1.79 bits per heavy atom. The maximum absolute atomic E-state index is 13.4. The first-order chi connectivity index (χ1) is 18.8. The number of ether oxygens (including phenoxy) is 1. The van der Waals surface area contributed by atoms with Gasteiger partial charge in [-0.1, -0.05) is 59.6 Å². The lowest BCUT2D eigenvalue weighted by atomic mass is 10.1. The Labute approximate surface area is 243 Å². The first-order valence-electron chi connectivity index (χ1n) is 11.8. The van der Waals surface area contributed by atoms with Crippen LogP contribution in [0.15, 0.2) is 83.1 Å². The number of carbonyl (C=O) groups is 3. The molecule has 7 nitrogen and oxygen atoms in total. The fourth-order valence-corrected chi connectivity index (χ4v) is 5.82. The van der Waals surface area contributed by atoms with Crippen molar-refractivity contribution in [2.75, 3.05) is 17.2 Å². The number of hydrogen-bond donors (Lipinski definition) is 2. The van der Waals surface area contributed by atoms with Crippen molar-refractivity contribution in [3.05, 3.63) is 105 Å². The van der Waals surface area contributed by atoms with Gasteiger partial charge in [0.05, 0.1) is 29.3 Å². The van der Waals surface area contributed by atoms with E-state index in [2.05, 4.69) is 15.6 Å². The van der Waals surface area contributed by atoms with E-state index in [-0.39, 0.29) is 29.2 Å². The fraction of sp³-hybridized carbons (Fsp3) is 0.143. The summed E-state index contributed by atoms with van der Waals surface area (Å²) in [6.07, 6.45) is 0.0385. The summed E-state index contributed by atoms with van der Waals surface area (Å²) in [5.74, 6) is -1.02. The van der Waals surface area contributed by atoms with Crippen molar-refractivity contribution in [1.82, 2.24) is 4.98 Å². The van der Waals surface area contributed by atoms with Crippen LogP contribution in [0.5, 0.6) is 0 Å². The van der Waals surface area contributed by atoms with E-state index in [1.54, 1.807) is 42.6 Å². The number of thioether (sulfide) groups is 1. The molecule has 1 atom stereocenters. The number of nitrogens with one attached hydrogen (secondary N) is 2. The number of amides is 2. The Balaban J connectivity index is 1.49.